The molecular weight excluding hydrogens is 348 g/mol. The summed E-state index contributed by atoms with van der Waals surface area (Å²) in [5, 5.41) is 0. The molecule has 9 nitrogen and oxygen atoms in total. The van der Waals surface area contributed by atoms with Crippen molar-refractivity contribution in [2.24, 2.45) is 0 Å². The lowest BCUT2D eigenvalue weighted by Gasteiger charge is -2.31. The molecule has 0 aliphatic heterocycles. The first-order valence-corrected chi connectivity index (χ1v) is 8.40. The highest BCUT2D eigenvalue weighted by Crippen LogP contribution is 2.16. The SMILES string of the molecule is CCCCOC[C@H](OC(C)=O)[C@@H](OC(C)=O)[C@@H](COC(C)=O)OC(C)=O. The van der Waals surface area contributed by atoms with E-state index in [2.05, 4.69) is 0 Å². The van der Waals surface area contributed by atoms with E-state index in [0.29, 0.717) is 6.61 Å². The van der Waals surface area contributed by atoms with Crippen LogP contribution in [0.3, 0.4) is 0 Å². The van der Waals surface area contributed by atoms with Crippen LogP contribution in [0.15, 0.2) is 0 Å². The summed E-state index contributed by atoms with van der Waals surface area (Å²) < 4.78 is 25.8. The van der Waals surface area contributed by atoms with Gasteiger partial charge in [-0.2, -0.15) is 0 Å². The molecule has 9 heteroatoms. The van der Waals surface area contributed by atoms with Gasteiger partial charge in [0.15, 0.2) is 18.3 Å². The van der Waals surface area contributed by atoms with E-state index >= 15 is 0 Å². The van der Waals surface area contributed by atoms with Gasteiger partial charge in [-0.1, -0.05) is 13.3 Å². The number of esters is 4. The lowest BCUT2D eigenvalue weighted by Crippen LogP contribution is -2.49. The van der Waals surface area contributed by atoms with Gasteiger partial charge in [-0.05, 0) is 6.42 Å². The van der Waals surface area contributed by atoms with Gasteiger partial charge in [0, 0.05) is 34.3 Å². The van der Waals surface area contributed by atoms with Crippen LogP contribution in [0.4, 0.5) is 0 Å². The number of ether oxygens (including phenoxy) is 5. The van der Waals surface area contributed by atoms with E-state index < -0.39 is 42.2 Å². The van der Waals surface area contributed by atoms with E-state index in [1.54, 1.807) is 0 Å². The van der Waals surface area contributed by atoms with Gasteiger partial charge in [0.25, 0.3) is 0 Å². The number of unbranched alkanes of at least 4 members (excludes halogenated alkanes) is 1. The Morgan fingerprint density at radius 3 is 1.65 bits per heavy atom. The van der Waals surface area contributed by atoms with Crippen molar-refractivity contribution in [1.29, 1.82) is 0 Å². The molecule has 0 aromatic heterocycles. The van der Waals surface area contributed by atoms with Crippen molar-refractivity contribution in [2.75, 3.05) is 19.8 Å². The molecule has 0 heterocycles. The maximum Gasteiger partial charge on any atom is 0.303 e. The molecule has 0 fully saturated rings. The van der Waals surface area contributed by atoms with Gasteiger partial charge >= 0.3 is 23.9 Å². The van der Waals surface area contributed by atoms with Crippen molar-refractivity contribution in [3.8, 4) is 0 Å². The van der Waals surface area contributed by atoms with Gasteiger partial charge in [0.05, 0.1) is 6.61 Å². The quantitative estimate of drug-likeness (QED) is 0.281. The summed E-state index contributed by atoms with van der Waals surface area (Å²) in [6, 6.07) is 0. The van der Waals surface area contributed by atoms with E-state index in [9.17, 15) is 19.2 Å². The molecule has 0 saturated carbocycles. The highest BCUT2D eigenvalue weighted by Gasteiger charge is 2.38. The smallest absolute Gasteiger partial charge is 0.303 e. The average molecular weight is 376 g/mol. The monoisotopic (exact) mass is 376 g/mol. The van der Waals surface area contributed by atoms with Crippen molar-refractivity contribution < 1.29 is 42.9 Å². The fraction of sp³-hybridized carbons (Fsp3) is 0.765. The van der Waals surface area contributed by atoms with E-state index in [-0.39, 0.29) is 13.2 Å². The van der Waals surface area contributed by atoms with Gasteiger partial charge < -0.3 is 23.7 Å². The van der Waals surface area contributed by atoms with Gasteiger partial charge in [0.2, 0.25) is 0 Å². The summed E-state index contributed by atoms with van der Waals surface area (Å²) in [5.41, 5.74) is 0. The highest BCUT2D eigenvalue weighted by atomic mass is 16.6. The normalized spacial score (nSPS) is 13.9. The molecule has 150 valence electrons. The molecule has 0 N–H and O–H groups in total. The van der Waals surface area contributed by atoms with Gasteiger partial charge in [0.1, 0.15) is 6.61 Å². The summed E-state index contributed by atoms with van der Waals surface area (Å²) in [5.74, 6) is -2.58. The number of carbonyl (C=O) groups is 4. The van der Waals surface area contributed by atoms with Crippen LogP contribution in [-0.2, 0) is 42.9 Å². The van der Waals surface area contributed by atoms with Gasteiger partial charge in [-0.25, -0.2) is 0 Å². The first kappa shape index (κ1) is 23.8. The molecular formula is C17H28O9. The van der Waals surface area contributed by atoms with E-state index in [0.717, 1.165) is 26.7 Å². The molecule has 0 aromatic rings. The van der Waals surface area contributed by atoms with E-state index in [4.69, 9.17) is 23.7 Å². The lowest BCUT2D eigenvalue weighted by atomic mass is 10.1. The van der Waals surface area contributed by atoms with Crippen molar-refractivity contribution in [3.05, 3.63) is 0 Å². The summed E-state index contributed by atoms with van der Waals surface area (Å²) in [6.07, 6.45) is -1.67. The first-order chi connectivity index (χ1) is 12.2. The van der Waals surface area contributed by atoms with E-state index in [1.165, 1.54) is 13.8 Å². The molecule has 0 aliphatic rings. The molecule has 0 saturated heterocycles. The van der Waals surface area contributed by atoms with Crippen LogP contribution in [0.2, 0.25) is 0 Å². The number of hydrogen-bond donors (Lipinski definition) is 0. The Morgan fingerprint density at radius 2 is 1.23 bits per heavy atom. The fourth-order valence-corrected chi connectivity index (χ4v) is 2.05. The van der Waals surface area contributed by atoms with Gasteiger partial charge in [-0.15, -0.1) is 0 Å². The minimum absolute atomic E-state index is 0.0740. The molecule has 0 aliphatic carbocycles. The van der Waals surface area contributed by atoms with Crippen molar-refractivity contribution >= 4 is 23.9 Å². The maximum absolute atomic E-state index is 11.5. The Kier molecular flexibility index (Phi) is 12.0. The van der Waals surface area contributed by atoms with Crippen LogP contribution in [0.5, 0.6) is 0 Å². The van der Waals surface area contributed by atoms with Crippen LogP contribution < -0.4 is 0 Å². The average Bonchev–Trinajstić information content (AvgIpc) is 2.51. The minimum atomic E-state index is -1.19. The second-order valence-electron chi connectivity index (χ2n) is 5.60. The first-order valence-electron chi connectivity index (χ1n) is 8.40. The third-order valence-corrected chi connectivity index (χ3v) is 3.04. The Morgan fingerprint density at radius 1 is 0.731 bits per heavy atom. The molecule has 26 heavy (non-hydrogen) atoms. The Bertz CT molecular complexity index is 475. The predicted octanol–water partition coefficient (Wildman–Crippen LogP) is 1.16. The molecule has 0 spiro atoms. The second kappa shape index (κ2) is 13.1. The maximum atomic E-state index is 11.5. The molecule has 0 amide bonds. The highest BCUT2D eigenvalue weighted by molar-refractivity contribution is 5.68. The van der Waals surface area contributed by atoms with Gasteiger partial charge in [-0.3, -0.25) is 19.2 Å². The zero-order valence-electron chi connectivity index (χ0n) is 15.9. The molecule has 0 aromatic carbocycles. The van der Waals surface area contributed by atoms with Crippen molar-refractivity contribution in [2.45, 2.75) is 65.8 Å². The van der Waals surface area contributed by atoms with E-state index in [1.807, 2.05) is 6.92 Å². The summed E-state index contributed by atoms with van der Waals surface area (Å²) in [6.45, 7) is 6.67. The van der Waals surface area contributed by atoms with Crippen LogP contribution >= 0.6 is 0 Å². The number of hydrogen-bond acceptors (Lipinski definition) is 9. The van der Waals surface area contributed by atoms with Crippen LogP contribution in [0.25, 0.3) is 0 Å². The predicted molar refractivity (Wildman–Crippen MR) is 89.0 cm³/mol. The zero-order chi connectivity index (χ0) is 20.1. The second-order valence-corrected chi connectivity index (χ2v) is 5.60. The Balaban J connectivity index is 5.41. The molecule has 0 radical (unpaired) electrons. The minimum Gasteiger partial charge on any atom is -0.462 e. The topological polar surface area (TPSA) is 114 Å². The zero-order valence-corrected chi connectivity index (χ0v) is 15.9. The van der Waals surface area contributed by atoms with Crippen molar-refractivity contribution in [1.82, 2.24) is 0 Å². The standard InChI is InChI=1S/C17H28O9/c1-6-7-8-22-9-15(24-12(3)19)17(26-14(5)21)16(25-13(4)20)10-23-11(2)18/h15-17H,6-10H2,1-5H3/t15-,16+,17+/m0/s1. The van der Waals surface area contributed by atoms with Crippen LogP contribution in [0, 0.1) is 0 Å². The third-order valence-electron chi connectivity index (χ3n) is 3.04. The van der Waals surface area contributed by atoms with Crippen LogP contribution in [-0.4, -0.2) is 62.0 Å². The largest absolute Gasteiger partial charge is 0.462 e. The Hall–Kier alpha value is -2.16. The van der Waals surface area contributed by atoms with Crippen LogP contribution in [0.1, 0.15) is 47.5 Å². The summed E-state index contributed by atoms with van der Waals surface area (Å²) in [7, 11) is 0. The molecule has 0 bridgehead atoms. The fourth-order valence-electron chi connectivity index (χ4n) is 2.05. The number of carbonyl (C=O) groups excluding carboxylic acids is 4. The molecule has 3 atom stereocenters. The lowest BCUT2D eigenvalue weighted by molar-refractivity contribution is -0.193. The summed E-state index contributed by atoms with van der Waals surface area (Å²) in [4.78, 5) is 45.4. The molecule has 0 rings (SSSR count). The molecule has 0 unspecified atom stereocenters. The number of rotatable bonds is 12. The third kappa shape index (κ3) is 11.4. The Labute approximate surface area is 153 Å². The summed E-state index contributed by atoms with van der Waals surface area (Å²) >= 11 is 0. The van der Waals surface area contributed by atoms with Crippen molar-refractivity contribution in [3.63, 3.8) is 0 Å².